The van der Waals surface area contributed by atoms with Gasteiger partial charge in [-0.3, -0.25) is 9.69 Å². The number of hydrogen-bond acceptors (Lipinski definition) is 8. The number of nitriles is 1. The molecule has 9 nitrogen and oxygen atoms in total. The Kier molecular flexibility index (Phi) is 7.83. The van der Waals surface area contributed by atoms with E-state index in [1.165, 1.54) is 11.1 Å². The van der Waals surface area contributed by atoms with Crippen LogP contribution in [0.4, 0.5) is 0 Å². The van der Waals surface area contributed by atoms with Gasteiger partial charge in [-0.15, -0.1) is 12.4 Å². The fourth-order valence-electron chi connectivity index (χ4n) is 4.78. The van der Waals surface area contributed by atoms with Crippen molar-refractivity contribution < 1.29 is 19.2 Å². The first-order chi connectivity index (χ1) is 17.3. The van der Waals surface area contributed by atoms with E-state index in [1.54, 1.807) is 17.0 Å². The van der Waals surface area contributed by atoms with Gasteiger partial charge in [0.05, 0.1) is 24.3 Å². The summed E-state index contributed by atoms with van der Waals surface area (Å²) in [5.41, 5.74) is 5.54. The molecule has 10 heteroatoms. The van der Waals surface area contributed by atoms with Gasteiger partial charge in [-0.1, -0.05) is 17.3 Å². The number of aliphatic hydroxyl groups is 1. The molecule has 1 fully saturated rings. The Morgan fingerprint density at radius 3 is 2.78 bits per heavy atom. The van der Waals surface area contributed by atoms with Crippen LogP contribution in [0.15, 0.2) is 34.9 Å². The van der Waals surface area contributed by atoms with Crippen LogP contribution in [0.25, 0.3) is 22.8 Å². The number of amides is 1. The van der Waals surface area contributed by atoms with Crippen molar-refractivity contribution in [3.05, 3.63) is 52.6 Å². The molecular weight excluding hydrogens is 494 g/mol. The van der Waals surface area contributed by atoms with Crippen LogP contribution in [0.1, 0.15) is 36.1 Å². The molecule has 2 aliphatic heterocycles. The lowest BCUT2D eigenvalue weighted by atomic mass is 9.91. The minimum absolute atomic E-state index is 0. The van der Waals surface area contributed by atoms with Gasteiger partial charge in [0.15, 0.2) is 0 Å². The summed E-state index contributed by atoms with van der Waals surface area (Å²) in [4.78, 5) is 20.9. The van der Waals surface area contributed by atoms with Crippen molar-refractivity contribution in [2.24, 2.45) is 0 Å². The number of fused-ring (bicyclic) bond motifs is 1. The molecule has 0 aliphatic carbocycles. The molecule has 37 heavy (non-hydrogen) atoms. The molecule has 0 bridgehead atoms. The zero-order valence-electron chi connectivity index (χ0n) is 21.1. The fourth-order valence-corrected chi connectivity index (χ4v) is 4.78. The van der Waals surface area contributed by atoms with Crippen molar-refractivity contribution in [3.63, 3.8) is 0 Å². The Morgan fingerprint density at radius 1 is 1.30 bits per heavy atom. The molecule has 2 aliphatic rings. The SMILES string of the molecule is Cc1c(-c2noc(-c3ccc(OC(C)C)c(C#N)c3)n2)ccc2c1CCN(CC(=O)N1CC(O)C1)C2.Cl. The van der Waals surface area contributed by atoms with E-state index < -0.39 is 0 Å². The van der Waals surface area contributed by atoms with Gasteiger partial charge in [0.2, 0.25) is 11.7 Å². The van der Waals surface area contributed by atoms with Gasteiger partial charge in [-0.25, -0.2) is 0 Å². The van der Waals surface area contributed by atoms with Crippen molar-refractivity contribution >= 4 is 18.3 Å². The topological polar surface area (TPSA) is 116 Å². The van der Waals surface area contributed by atoms with Crippen LogP contribution in [0.2, 0.25) is 0 Å². The summed E-state index contributed by atoms with van der Waals surface area (Å²) in [6, 6.07) is 11.5. The van der Waals surface area contributed by atoms with Crippen molar-refractivity contribution in [1.29, 1.82) is 5.26 Å². The molecule has 2 aromatic carbocycles. The molecule has 0 unspecified atom stereocenters. The third kappa shape index (κ3) is 5.47. The summed E-state index contributed by atoms with van der Waals surface area (Å²) >= 11 is 0. The van der Waals surface area contributed by atoms with Crippen molar-refractivity contribution in [3.8, 4) is 34.7 Å². The second-order valence-corrected chi connectivity index (χ2v) is 9.70. The first-order valence-electron chi connectivity index (χ1n) is 12.2. The number of aromatic nitrogens is 2. The molecule has 3 heterocycles. The molecule has 1 N–H and O–H groups in total. The highest BCUT2D eigenvalue weighted by molar-refractivity contribution is 5.85. The van der Waals surface area contributed by atoms with E-state index >= 15 is 0 Å². The molecule has 1 aromatic heterocycles. The van der Waals surface area contributed by atoms with E-state index in [0.717, 1.165) is 24.1 Å². The zero-order valence-corrected chi connectivity index (χ0v) is 21.9. The molecule has 194 valence electrons. The second kappa shape index (κ2) is 10.9. The molecule has 1 amide bonds. The average molecular weight is 524 g/mol. The molecule has 1 saturated heterocycles. The van der Waals surface area contributed by atoms with E-state index in [0.29, 0.717) is 54.8 Å². The number of halogens is 1. The Hall–Kier alpha value is -3.45. The Morgan fingerprint density at radius 2 is 2.08 bits per heavy atom. The fraction of sp³-hybridized carbons (Fsp3) is 0.407. The van der Waals surface area contributed by atoms with Crippen molar-refractivity contribution in [2.45, 2.75) is 45.9 Å². The molecule has 0 atom stereocenters. The maximum atomic E-state index is 12.4. The molecule has 0 saturated carbocycles. The number of carbonyl (C=O) groups excluding carboxylic acids is 1. The molecule has 3 aromatic rings. The summed E-state index contributed by atoms with van der Waals surface area (Å²) in [6.07, 6.45) is 0.416. The summed E-state index contributed by atoms with van der Waals surface area (Å²) < 4.78 is 11.3. The maximum absolute atomic E-state index is 12.4. The zero-order chi connectivity index (χ0) is 25.4. The van der Waals surface area contributed by atoms with Crippen LogP contribution < -0.4 is 4.74 Å². The Labute approximate surface area is 222 Å². The second-order valence-electron chi connectivity index (χ2n) is 9.70. The minimum atomic E-state index is -0.380. The van der Waals surface area contributed by atoms with Crippen LogP contribution >= 0.6 is 12.4 Å². The summed E-state index contributed by atoms with van der Waals surface area (Å²) in [6.45, 7) is 8.63. The normalized spacial score (nSPS) is 15.5. The predicted octanol–water partition coefficient (Wildman–Crippen LogP) is 3.35. The Balaban J connectivity index is 0.00000320. The number of nitrogens with zero attached hydrogens (tertiary/aromatic N) is 5. The number of likely N-dealkylation sites (tertiary alicyclic amines) is 1. The number of aliphatic hydroxyl groups excluding tert-OH is 1. The van der Waals surface area contributed by atoms with Gasteiger partial charge >= 0.3 is 0 Å². The molecule has 0 radical (unpaired) electrons. The molecular formula is C27H30ClN5O4. The van der Waals surface area contributed by atoms with Gasteiger partial charge in [0.1, 0.15) is 11.8 Å². The first-order valence-corrected chi connectivity index (χ1v) is 12.2. The average Bonchev–Trinajstić information content (AvgIpc) is 3.32. The van der Waals surface area contributed by atoms with E-state index in [2.05, 4.69) is 34.1 Å². The lowest BCUT2D eigenvalue weighted by Gasteiger charge is -2.38. The number of carbonyl (C=O) groups is 1. The number of hydrogen-bond donors (Lipinski definition) is 1. The van der Waals surface area contributed by atoms with Crippen molar-refractivity contribution in [2.75, 3.05) is 26.2 Å². The highest BCUT2D eigenvalue weighted by Crippen LogP contribution is 2.32. The third-order valence-corrected chi connectivity index (χ3v) is 6.72. The van der Waals surface area contributed by atoms with E-state index in [4.69, 9.17) is 9.26 Å². The summed E-state index contributed by atoms with van der Waals surface area (Å²) in [5.74, 6) is 1.44. The van der Waals surface area contributed by atoms with Gasteiger partial charge in [-0.2, -0.15) is 10.2 Å². The highest BCUT2D eigenvalue weighted by Gasteiger charge is 2.30. The van der Waals surface area contributed by atoms with Crippen molar-refractivity contribution in [1.82, 2.24) is 19.9 Å². The van der Waals surface area contributed by atoms with Crippen LogP contribution in [0.5, 0.6) is 5.75 Å². The Bertz CT molecular complexity index is 1340. The minimum Gasteiger partial charge on any atom is -0.490 e. The molecule has 5 rings (SSSR count). The summed E-state index contributed by atoms with van der Waals surface area (Å²) in [5, 5.41) is 23.2. The summed E-state index contributed by atoms with van der Waals surface area (Å²) in [7, 11) is 0. The third-order valence-electron chi connectivity index (χ3n) is 6.72. The van der Waals surface area contributed by atoms with Gasteiger partial charge in [0, 0.05) is 37.3 Å². The van der Waals surface area contributed by atoms with Gasteiger partial charge in [0.25, 0.3) is 5.89 Å². The van der Waals surface area contributed by atoms with E-state index in [1.807, 2.05) is 26.0 Å². The highest BCUT2D eigenvalue weighted by atomic mass is 35.5. The number of β-amino-alcohol motifs (C(OH)–C–C–N with tert-alkyl or cyclic N) is 1. The smallest absolute Gasteiger partial charge is 0.258 e. The van der Waals surface area contributed by atoms with Crippen LogP contribution in [-0.2, 0) is 17.8 Å². The van der Waals surface area contributed by atoms with E-state index in [-0.39, 0.29) is 30.5 Å². The monoisotopic (exact) mass is 523 g/mol. The lowest BCUT2D eigenvalue weighted by molar-refractivity contribution is -0.142. The predicted molar refractivity (Wildman–Crippen MR) is 139 cm³/mol. The number of rotatable bonds is 6. The van der Waals surface area contributed by atoms with Gasteiger partial charge < -0.3 is 19.3 Å². The van der Waals surface area contributed by atoms with E-state index in [9.17, 15) is 15.2 Å². The first kappa shape index (κ1) is 26.6. The van der Waals surface area contributed by atoms with Crippen LogP contribution in [0, 0.1) is 18.3 Å². The van der Waals surface area contributed by atoms with Gasteiger partial charge in [-0.05, 0) is 62.1 Å². The van der Waals surface area contributed by atoms with Crippen LogP contribution in [0.3, 0.4) is 0 Å². The maximum Gasteiger partial charge on any atom is 0.258 e. The largest absolute Gasteiger partial charge is 0.490 e. The number of ether oxygens (including phenoxy) is 1. The molecule has 0 spiro atoms. The lowest BCUT2D eigenvalue weighted by Crippen LogP contribution is -2.56. The van der Waals surface area contributed by atoms with Crippen LogP contribution in [-0.4, -0.2) is 69.3 Å². The standard InChI is InChI=1S/C27H29N5O4.ClH/c1-16(2)35-24-7-5-18(10-20(24)11-28)27-29-26(30-36-27)23-6-4-19-12-31(9-8-22(19)17(23)3)15-25(34)32-13-21(33)14-32;/h4-7,10,16,21,33H,8-9,12-15H2,1-3H3;1H. The quantitative estimate of drug-likeness (QED) is 0.523. The number of benzene rings is 2.